The summed E-state index contributed by atoms with van der Waals surface area (Å²) < 4.78 is 12.0. The molecule has 3 nitrogen and oxygen atoms in total. The smallest absolute Gasteiger partial charge is 0.162 e. The number of anilines is 1. The number of nitrogens with one attached hydrogen (secondary N) is 1. The van der Waals surface area contributed by atoms with Crippen LogP contribution in [-0.2, 0) is 6.54 Å². The summed E-state index contributed by atoms with van der Waals surface area (Å²) in [5, 5.41) is 3.37. The lowest BCUT2D eigenvalue weighted by Crippen LogP contribution is -1.99. The molecule has 5 heteroatoms. The van der Waals surface area contributed by atoms with Crippen molar-refractivity contribution in [1.82, 2.24) is 0 Å². The maximum atomic E-state index is 5.49. The molecule has 1 aromatic heterocycles. The molecule has 1 heterocycles. The molecule has 0 aliphatic rings. The average molecular weight is 342 g/mol. The Hall–Kier alpha value is -1.20. The van der Waals surface area contributed by atoms with Crippen LogP contribution in [0.1, 0.15) is 11.8 Å². The molecule has 0 aliphatic carbocycles. The molecule has 0 saturated heterocycles. The van der Waals surface area contributed by atoms with Crippen LogP contribution in [0.5, 0.6) is 11.5 Å². The van der Waals surface area contributed by atoms with E-state index in [-0.39, 0.29) is 0 Å². The fourth-order valence-corrected chi connectivity index (χ4v) is 3.11. The van der Waals surface area contributed by atoms with Gasteiger partial charge in [0.25, 0.3) is 0 Å². The minimum atomic E-state index is 0.631. The topological polar surface area (TPSA) is 30.5 Å². The Morgan fingerprint density at radius 3 is 2.68 bits per heavy atom. The van der Waals surface area contributed by atoms with E-state index in [1.807, 2.05) is 25.1 Å². The average Bonchev–Trinajstić information content (AvgIpc) is 2.83. The maximum absolute atomic E-state index is 5.49. The molecule has 2 aromatic rings. The van der Waals surface area contributed by atoms with Gasteiger partial charge in [0.1, 0.15) is 0 Å². The lowest BCUT2D eigenvalue weighted by molar-refractivity contribution is 0.311. The van der Waals surface area contributed by atoms with Crippen molar-refractivity contribution >= 4 is 33.0 Å². The summed E-state index contributed by atoms with van der Waals surface area (Å²) >= 11 is 5.19. The number of methoxy groups -OCH3 is 1. The summed E-state index contributed by atoms with van der Waals surface area (Å²) in [5.41, 5.74) is 1.02. The second-order valence-corrected chi connectivity index (χ2v) is 6.41. The van der Waals surface area contributed by atoms with Crippen molar-refractivity contribution in [2.24, 2.45) is 0 Å². The lowest BCUT2D eigenvalue weighted by Gasteiger charge is -2.11. The molecule has 0 spiro atoms. The molecule has 19 heavy (non-hydrogen) atoms. The van der Waals surface area contributed by atoms with E-state index in [4.69, 9.17) is 9.47 Å². The minimum absolute atomic E-state index is 0.631. The van der Waals surface area contributed by atoms with Crippen molar-refractivity contribution in [1.29, 1.82) is 0 Å². The summed E-state index contributed by atoms with van der Waals surface area (Å²) in [4.78, 5) is 1.28. The van der Waals surface area contributed by atoms with Crippen LogP contribution >= 0.6 is 27.3 Å². The quantitative estimate of drug-likeness (QED) is 0.837. The van der Waals surface area contributed by atoms with Gasteiger partial charge in [-0.15, -0.1) is 11.3 Å². The van der Waals surface area contributed by atoms with Crippen LogP contribution in [0.15, 0.2) is 34.1 Å². The molecule has 0 amide bonds. The highest BCUT2D eigenvalue weighted by Crippen LogP contribution is 2.30. The van der Waals surface area contributed by atoms with E-state index >= 15 is 0 Å². The Balaban J connectivity index is 2.04. The van der Waals surface area contributed by atoms with Crippen molar-refractivity contribution in [3.05, 3.63) is 39.0 Å². The molecule has 0 saturated carbocycles. The van der Waals surface area contributed by atoms with Gasteiger partial charge in [0.2, 0.25) is 0 Å². The fraction of sp³-hybridized carbons (Fsp3) is 0.286. The van der Waals surface area contributed by atoms with E-state index in [1.165, 1.54) is 4.88 Å². The summed E-state index contributed by atoms with van der Waals surface area (Å²) in [6.45, 7) is 3.39. The van der Waals surface area contributed by atoms with E-state index in [2.05, 4.69) is 33.4 Å². The molecule has 0 unspecified atom stereocenters. The SMILES string of the molecule is CCOc1ccc(NCc2ccc(Br)s2)cc1OC. The first-order valence-corrected chi connectivity index (χ1v) is 7.62. The van der Waals surface area contributed by atoms with Crippen LogP contribution in [0.3, 0.4) is 0 Å². The molecule has 2 rings (SSSR count). The number of rotatable bonds is 6. The van der Waals surface area contributed by atoms with Gasteiger partial charge in [-0.05, 0) is 47.1 Å². The monoisotopic (exact) mass is 341 g/mol. The summed E-state index contributed by atoms with van der Waals surface area (Å²) in [7, 11) is 1.65. The van der Waals surface area contributed by atoms with Gasteiger partial charge in [0.05, 0.1) is 17.5 Å². The first-order valence-electron chi connectivity index (χ1n) is 6.02. The summed E-state index contributed by atoms with van der Waals surface area (Å²) in [6.07, 6.45) is 0. The number of hydrogen-bond donors (Lipinski definition) is 1. The predicted octanol–water partition coefficient (Wildman–Crippen LogP) is 4.53. The van der Waals surface area contributed by atoms with Gasteiger partial charge in [-0.3, -0.25) is 0 Å². The Morgan fingerprint density at radius 1 is 1.21 bits per heavy atom. The number of ether oxygens (including phenoxy) is 2. The Kier molecular flexibility index (Phi) is 5.10. The minimum Gasteiger partial charge on any atom is -0.493 e. The third-order valence-corrected chi connectivity index (χ3v) is 4.18. The Morgan fingerprint density at radius 2 is 2.05 bits per heavy atom. The van der Waals surface area contributed by atoms with Crippen molar-refractivity contribution in [3.8, 4) is 11.5 Å². The van der Waals surface area contributed by atoms with Gasteiger partial charge in [0, 0.05) is 23.2 Å². The van der Waals surface area contributed by atoms with Crippen molar-refractivity contribution in [2.75, 3.05) is 19.0 Å². The van der Waals surface area contributed by atoms with Crippen LogP contribution in [0.4, 0.5) is 5.69 Å². The number of halogens is 1. The third-order valence-electron chi connectivity index (χ3n) is 2.56. The largest absolute Gasteiger partial charge is 0.493 e. The van der Waals surface area contributed by atoms with Gasteiger partial charge in [-0.2, -0.15) is 0 Å². The highest BCUT2D eigenvalue weighted by atomic mass is 79.9. The number of thiophene rings is 1. The third kappa shape index (κ3) is 3.88. The van der Waals surface area contributed by atoms with Gasteiger partial charge in [-0.1, -0.05) is 0 Å². The van der Waals surface area contributed by atoms with Gasteiger partial charge < -0.3 is 14.8 Å². The van der Waals surface area contributed by atoms with Crippen LogP contribution in [0, 0.1) is 0 Å². The van der Waals surface area contributed by atoms with Crippen LogP contribution in [-0.4, -0.2) is 13.7 Å². The summed E-state index contributed by atoms with van der Waals surface area (Å²) in [5.74, 6) is 1.52. The van der Waals surface area contributed by atoms with E-state index in [9.17, 15) is 0 Å². The van der Waals surface area contributed by atoms with Gasteiger partial charge in [0.15, 0.2) is 11.5 Å². The molecular weight excluding hydrogens is 326 g/mol. The Labute approximate surface area is 125 Å². The predicted molar refractivity (Wildman–Crippen MR) is 83.5 cm³/mol. The lowest BCUT2D eigenvalue weighted by atomic mass is 10.2. The molecule has 0 fully saturated rings. The highest BCUT2D eigenvalue weighted by Gasteiger charge is 2.05. The molecule has 102 valence electrons. The molecule has 0 radical (unpaired) electrons. The number of benzene rings is 1. The van der Waals surface area contributed by atoms with Crippen molar-refractivity contribution < 1.29 is 9.47 Å². The van der Waals surface area contributed by atoms with Crippen LogP contribution in [0.2, 0.25) is 0 Å². The first-order chi connectivity index (χ1) is 9.22. The fourth-order valence-electron chi connectivity index (χ4n) is 1.69. The molecule has 0 aliphatic heterocycles. The standard InChI is InChI=1S/C14H16BrNO2S/c1-3-18-12-6-4-10(8-13(12)17-2)16-9-11-5-7-14(15)19-11/h4-8,16H,3,9H2,1-2H3. The van der Waals surface area contributed by atoms with Crippen LogP contribution < -0.4 is 14.8 Å². The zero-order chi connectivity index (χ0) is 13.7. The Bertz CT molecular complexity index is 542. The van der Waals surface area contributed by atoms with Gasteiger partial charge >= 0.3 is 0 Å². The molecule has 0 bridgehead atoms. The zero-order valence-corrected chi connectivity index (χ0v) is 13.3. The number of hydrogen-bond acceptors (Lipinski definition) is 4. The summed E-state index contributed by atoms with van der Waals surface area (Å²) in [6, 6.07) is 10.0. The van der Waals surface area contributed by atoms with Crippen LogP contribution in [0.25, 0.3) is 0 Å². The molecule has 1 aromatic carbocycles. The van der Waals surface area contributed by atoms with Crippen molar-refractivity contribution in [2.45, 2.75) is 13.5 Å². The zero-order valence-electron chi connectivity index (χ0n) is 10.9. The molecular formula is C14H16BrNO2S. The van der Waals surface area contributed by atoms with Crippen molar-refractivity contribution in [3.63, 3.8) is 0 Å². The second kappa shape index (κ2) is 6.82. The first kappa shape index (κ1) is 14.2. The maximum Gasteiger partial charge on any atom is 0.162 e. The van der Waals surface area contributed by atoms with E-state index in [0.29, 0.717) is 6.61 Å². The van der Waals surface area contributed by atoms with E-state index < -0.39 is 0 Å². The van der Waals surface area contributed by atoms with E-state index in [1.54, 1.807) is 18.4 Å². The highest BCUT2D eigenvalue weighted by molar-refractivity contribution is 9.11. The molecule has 1 N–H and O–H groups in total. The van der Waals surface area contributed by atoms with E-state index in [0.717, 1.165) is 27.5 Å². The molecule has 0 atom stereocenters. The normalized spacial score (nSPS) is 10.3. The second-order valence-electron chi connectivity index (χ2n) is 3.86. The van der Waals surface area contributed by atoms with Gasteiger partial charge in [-0.25, -0.2) is 0 Å².